The van der Waals surface area contributed by atoms with E-state index in [1.54, 1.807) is 0 Å². The maximum absolute atomic E-state index is 13.3. The van der Waals surface area contributed by atoms with Gasteiger partial charge in [0, 0.05) is 15.4 Å². The predicted molar refractivity (Wildman–Crippen MR) is 107 cm³/mol. The van der Waals surface area contributed by atoms with Crippen molar-refractivity contribution in [2.45, 2.75) is 51.0 Å². The number of rotatable bonds is 5. The summed E-state index contributed by atoms with van der Waals surface area (Å²) in [6.07, 6.45) is 7.38. The first-order valence-electron chi connectivity index (χ1n) is 9.61. The minimum atomic E-state index is -0.612. The molecule has 4 aliphatic rings. The number of carbonyl (C=O) groups excluding carboxylic acids is 2. The average Bonchev–Trinajstić information content (AvgIpc) is 2.59. The van der Waals surface area contributed by atoms with Crippen LogP contribution >= 0.6 is 22.6 Å². The fourth-order valence-corrected chi connectivity index (χ4v) is 6.54. The van der Waals surface area contributed by atoms with Gasteiger partial charge in [-0.15, -0.1) is 0 Å². The van der Waals surface area contributed by atoms with Gasteiger partial charge in [-0.25, -0.2) is 4.79 Å². The van der Waals surface area contributed by atoms with Crippen LogP contribution in [0.15, 0.2) is 24.3 Å². The Hall–Kier alpha value is -1.11. The molecule has 0 radical (unpaired) electrons. The summed E-state index contributed by atoms with van der Waals surface area (Å²) in [5, 5.41) is 3.08. The van der Waals surface area contributed by atoms with Gasteiger partial charge in [0.1, 0.15) is 6.04 Å². The Bertz CT molecular complexity index is 682. The molecule has 4 aliphatic carbocycles. The molecule has 1 N–H and O–H groups in total. The molecule has 0 heterocycles. The van der Waals surface area contributed by atoms with Crippen LogP contribution < -0.4 is 5.32 Å². The van der Waals surface area contributed by atoms with Crippen molar-refractivity contribution >= 4 is 34.5 Å². The molecule has 4 saturated carbocycles. The van der Waals surface area contributed by atoms with Crippen molar-refractivity contribution in [3.05, 3.63) is 33.4 Å². The number of nitrogens with one attached hydrogen (secondary N) is 1. The lowest BCUT2D eigenvalue weighted by Gasteiger charge is -2.55. The number of esters is 1. The first-order chi connectivity index (χ1) is 12.5. The number of methoxy groups -OCH3 is 1. The van der Waals surface area contributed by atoms with Crippen LogP contribution in [0.4, 0.5) is 0 Å². The first-order valence-corrected chi connectivity index (χ1v) is 10.7. The van der Waals surface area contributed by atoms with Crippen LogP contribution in [0.2, 0.25) is 0 Å². The Balaban J connectivity index is 1.50. The second-order valence-corrected chi connectivity index (χ2v) is 9.83. The van der Waals surface area contributed by atoms with Gasteiger partial charge in [-0.2, -0.15) is 0 Å². The topological polar surface area (TPSA) is 55.4 Å². The Morgan fingerprint density at radius 3 is 2.35 bits per heavy atom. The van der Waals surface area contributed by atoms with Gasteiger partial charge in [0.15, 0.2) is 0 Å². The molecule has 0 saturated heterocycles. The van der Waals surface area contributed by atoms with Crippen molar-refractivity contribution in [3.63, 3.8) is 0 Å². The third kappa shape index (κ3) is 3.51. The molecule has 1 atom stereocenters. The molecule has 0 aromatic heterocycles. The summed E-state index contributed by atoms with van der Waals surface area (Å²) in [7, 11) is 1.39. The molecule has 1 aromatic carbocycles. The van der Waals surface area contributed by atoms with Gasteiger partial charge in [-0.1, -0.05) is 12.1 Å². The highest BCUT2D eigenvalue weighted by Gasteiger charge is 2.55. The number of hydrogen-bond donors (Lipinski definition) is 1. The Morgan fingerprint density at radius 2 is 1.81 bits per heavy atom. The molecule has 0 aliphatic heterocycles. The van der Waals surface area contributed by atoms with E-state index < -0.39 is 6.04 Å². The quantitative estimate of drug-likeness (QED) is 0.531. The van der Waals surface area contributed by atoms with Crippen molar-refractivity contribution in [2.24, 2.45) is 23.2 Å². The van der Waals surface area contributed by atoms with Crippen molar-refractivity contribution < 1.29 is 14.3 Å². The van der Waals surface area contributed by atoms with Gasteiger partial charge in [-0.3, -0.25) is 4.79 Å². The van der Waals surface area contributed by atoms with Crippen LogP contribution in [0.3, 0.4) is 0 Å². The normalized spacial score (nSPS) is 32.9. The molecule has 4 nitrogen and oxygen atoms in total. The second kappa shape index (κ2) is 7.13. The third-order valence-corrected chi connectivity index (χ3v) is 7.31. The van der Waals surface area contributed by atoms with Gasteiger partial charge in [0.25, 0.3) is 0 Å². The fraction of sp³-hybridized carbons (Fsp3) is 0.619. The van der Waals surface area contributed by atoms with Gasteiger partial charge >= 0.3 is 5.97 Å². The van der Waals surface area contributed by atoms with E-state index in [1.165, 1.54) is 26.4 Å². The number of amides is 1. The minimum Gasteiger partial charge on any atom is -0.467 e. The molecule has 4 bridgehead atoms. The van der Waals surface area contributed by atoms with E-state index in [1.807, 2.05) is 24.3 Å². The van der Waals surface area contributed by atoms with E-state index >= 15 is 0 Å². The van der Waals surface area contributed by atoms with E-state index in [-0.39, 0.29) is 17.3 Å². The standard InChI is InChI=1S/C21H26INO3/c1-26-19(24)18(9-13-3-2-4-17(22)8-13)23-20(25)21-10-14-5-15(11-21)7-16(6-14)12-21/h2-4,8,14-16,18H,5-7,9-12H2,1H3,(H,23,25)/t14?,15?,16?,18-,21?/m1/s1. The van der Waals surface area contributed by atoms with Gasteiger partial charge in [0.2, 0.25) is 5.91 Å². The molecule has 0 unspecified atom stereocenters. The van der Waals surface area contributed by atoms with Crippen LogP contribution in [-0.2, 0) is 20.7 Å². The molecule has 1 aromatic rings. The van der Waals surface area contributed by atoms with Crippen molar-refractivity contribution in [3.8, 4) is 0 Å². The molecule has 5 rings (SSSR count). The highest BCUT2D eigenvalue weighted by atomic mass is 127. The first kappa shape index (κ1) is 18.3. The number of halogens is 1. The number of hydrogen-bond acceptors (Lipinski definition) is 3. The zero-order valence-corrected chi connectivity index (χ0v) is 17.3. The van der Waals surface area contributed by atoms with E-state index in [0.29, 0.717) is 24.2 Å². The largest absolute Gasteiger partial charge is 0.467 e. The monoisotopic (exact) mass is 467 g/mol. The number of carbonyl (C=O) groups is 2. The molecule has 0 spiro atoms. The molecule has 4 fully saturated rings. The zero-order chi connectivity index (χ0) is 18.3. The van der Waals surface area contributed by atoms with E-state index in [9.17, 15) is 9.59 Å². The maximum Gasteiger partial charge on any atom is 0.328 e. The van der Waals surface area contributed by atoms with E-state index in [4.69, 9.17) is 4.74 Å². The Kier molecular flexibility index (Phi) is 5.01. The summed E-state index contributed by atoms with van der Waals surface area (Å²) in [4.78, 5) is 25.6. The number of benzene rings is 1. The van der Waals surface area contributed by atoms with Crippen LogP contribution in [0.1, 0.15) is 44.1 Å². The van der Waals surface area contributed by atoms with Crippen LogP contribution in [0, 0.1) is 26.7 Å². The van der Waals surface area contributed by atoms with Crippen molar-refractivity contribution in [2.75, 3.05) is 7.11 Å². The van der Waals surface area contributed by atoms with Crippen LogP contribution in [0.25, 0.3) is 0 Å². The summed E-state index contributed by atoms with van der Waals surface area (Å²) < 4.78 is 6.10. The van der Waals surface area contributed by atoms with Gasteiger partial charge in [0.05, 0.1) is 7.11 Å². The van der Waals surface area contributed by atoms with E-state index in [2.05, 4.69) is 27.9 Å². The van der Waals surface area contributed by atoms with Gasteiger partial charge in [-0.05, 0) is 96.6 Å². The lowest BCUT2D eigenvalue weighted by molar-refractivity contribution is -0.152. The summed E-state index contributed by atoms with van der Waals surface area (Å²) in [6, 6.07) is 7.43. The smallest absolute Gasteiger partial charge is 0.328 e. The lowest BCUT2D eigenvalue weighted by Crippen LogP contribution is -2.56. The molecule has 1 amide bonds. The number of ether oxygens (including phenoxy) is 1. The van der Waals surface area contributed by atoms with Crippen LogP contribution in [-0.4, -0.2) is 25.0 Å². The molecule has 26 heavy (non-hydrogen) atoms. The zero-order valence-electron chi connectivity index (χ0n) is 15.2. The van der Waals surface area contributed by atoms with E-state index in [0.717, 1.165) is 28.4 Å². The summed E-state index contributed by atoms with van der Waals surface area (Å²) in [5.41, 5.74) is 0.796. The summed E-state index contributed by atoms with van der Waals surface area (Å²) in [6.45, 7) is 0. The summed E-state index contributed by atoms with van der Waals surface area (Å²) in [5.74, 6) is 1.84. The molecular weight excluding hydrogens is 441 g/mol. The maximum atomic E-state index is 13.3. The Morgan fingerprint density at radius 1 is 1.19 bits per heavy atom. The minimum absolute atomic E-state index is 0.0811. The van der Waals surface area contributed by atoms with Crippen LogP contribution in [0.5, 0.6) is 0 Å². The molecular formula is C21H26INO3. The average molecular weight is 467 g/mol. The fourth-order valence-electron chi connectivity index (χ4n) is 5.94. The van der Waals surface area contributed by atoms with Crippen molar-refractivity contribution in [1.82, 2.24) is 5.32 Å². The highest BCUT2D eigenvalue weighted by Crippen LogP contribution is 2.60. The lowest BCUT2D eigenvalue weighted by atomic mass is 9.49. The second-order valence-electron chi connectivity index (χ2n) is 8.58. The Labute approximate surface area is 168 Å². The van der Waals surface area contributed by atoms with Gasteiger partial charge < -0.3 is 10.1 Å². The molecule has 140 valence electrons. The third-order valence-electron chi connectivity index (χ3n) is 6.64. The van der Waals surface area contributed by atoms with Crippen molar-refractivity contribution in [1.29, 1.82) is 0 Å². The SMILES string of the molecule is COC(=O)[C@@H](Cc1cccc(I)c1)NC(=O)C12CC3CC(CC(C3)C1)C2. The highest BCUT2D eigenvalue weighted by molar-refractivity contribution is 14.1. The molecule has 5 heteroatoms. The summed E-state index contributed by atoms with van der Waals surface area (Å²) >= 11 is 2.26. The predicted octanol–water partition coefficient (Wildman–Crippen LogP) is 3.71.